The third-order valence-electron chi connectivity index (χ3n) is 10.9. The number of aliphatic hydroxyl groups is 1. The Morgan fingerprint density at radius 2 is 1.57 bits per heavy atom. The number of nitrogens with one attached hydrogen (secondary N) is 1. The lowest BCUT2D eigenvalue weighted by molar-refractivity contribution is 0.0513. The zero-order chi connectivity index (χ0) is 35.4. The van der Waals surface area contributed by atoms with Gasteiger partial charge in [0, 0.05) is 37.8 Å². The van der Waals surface area contributed by atoms with Gasteiger partial charge in [-0.2, -0.15) is 0 Å². The van der Waals surface area contributed by atoms with E-state index < -0.39 is 6.23 Å². The monoisotopic (exact) mass is 697 g/mol. The maximum Gasteiger partial charge on any atom is 0.260 e. The predicted octanol–water partition coefficient (Wildman–Crippen LogP) is 4.25. The van der Waals surface area contributed by atoms with Gasteiger partial charge in [0.05, 0.1) is 69.1 Å². The second-order valence-corrected chi connectivity index (χ2v) is 14.0. The molecular weight excluding hydrogens is 654 g/mol. The van der Waals surface area contributed by atoms with Crippen molar-refractivity contribution in [2.24, 2.45) is 11.3 Å². The van der Waals surface area contributed by atoms with E-state index in [2.05, 4.69) is 5.32 Å². The molecule has 0 bridgehead atoms. The minimum Gasteiger partial charge on any atom is -0.497 e. The summed E-state index contributed by atoms with van der Waals surface area (Å²) in [6, 6.07) is 14.3. The van der Waals surface area contributed by atoms with E-state index in [0.717, 1.165) is 42.6 Å². The third-order valence-corrected chi connectivity index (χ3v) is 10.9. The van der Waals surface area contributed by atoms with Gasteiger partial charge < -0.3 is 43.9 Å². The number of nitrogens with two attached hydrogens (primary N) is 1. The maximum atomic E-state index is 13.8. The summed E-state index contributed by atoms with van der Waals surface area (Å²) in [4.78, 5) is 31.0. The normalized spacial score (nSPS) is 22.6. The highest BCUT2D eigenvalue weighted by Crippen LogP contribution is 2.56. The van der Waals surface area contributed by atoms with E-state index in [0.29, 0.717) is 71.6 Å². The standard InChI is InChI=1S/C38H43N5O8/c1-47-25-7-5-22(6-8-25)23-13-24-19-40-28-16-33(31(48-2)14-26(28)35(44)41(24)20-23)50-11-4-12-51-34-17-29-27(15-32(34)49-3)36(45)42-21-38(9-10-38)18-30(42)37(46)43(29)39/h5-8,14-17,20,24,30,37,40,46H,4,9-13,18-19,21,39H2,1-3H3. The van der Waals surface area contributed by atoms with Crippen LogP contribution < -0.4 is 39.9 Å². The molecule has 2 fully saturated rings. The van der Waals surface area contributed by atoms with E-state index in [1.54, 1.807) is 42.2 Å². The zero-order valence-corrected chi connectivity index (χ0v) is 29.0. The molecule has 1 saturated carbocycles. The highest BCUT2D eigenvalue weighted by molar-refractivity contribution is 6.03. The van der Waals surface area contributed by atoms with Gasteiger partial charge in [0.25, 0.3) is 11.8 Å². The first kappa shape index (κ1) is 33.0. The van der Waals surface area contributed by atoms with Crippen LogP contribution in [0.4, 0.5) is 11.4 Å². The average molecular weight is 698 g/mol. The van der Waals surface area contributed by atoms with Gasteiger partial charge in [0.1, 0.15) is 5.75 Å². The first-order valence-electron chi connectivity index (χ1n) is 17.4. The molecule has 3 aromatic rings. The van der Waals surface area contributed by atoms with E-state index in [9.17, 15) is 14.7 Å². The molecule has 3 aromatic carbocycles. The summed E-state index contributed by atoms with van der Waals surface area (Å²) >= 11 is 0. The summed E-state index contributed by atoms with van der Waals surface area (Å²) in [7, 11) is 4.71. The molecule has 1 aliphatic carbocycles. The Kier molecular flexibility index (Phi) is 8.34. The molecular formula is C38H43N5O8. The Hall–Kier alpha value is -5.14. The summed E-state index contributed by atoms with van der Waals surface area (Å²) in [5.41, 5.74) is 4.23. The number of benzene rings is 3. The summed E-state index contributed by atoms with van der Waals surface area (Å²) in [6.45, 7) is 1.79. The number of fused-ring (bicyclic) bond motifs is 4. The third kappa shape index (κ3) is 5.83. The van der Waals surface area contributed by atoms with E-state index in [1.165, 1.54) is 12.1 Å². The van der Waals surface area contributed by atoms with Gasteiger partial charge in [-0.15, -0.1) is 0 Å². The lowest BCUT2D eigenvalue weighted by Gasteiger charge is -2.30. The van der Waals surface area contributed by atoms with Crippen molar-refractivity contribution in [3.05, 3.63) is 71.4 Å². The molecule has 268 valence electrons. The number of hydrogen-bond acceptors (Lipinski definition) is 11. The number of nitrogens with zero attached hydrogens (tertiary/aromatic N) is 3. The molecule has 8 rings (SSSR count). The molecule has 2 amide bonds. The number of methoxy groups -OCH3 is 3. The second-order valence-electron chi connectivity index (χ2n) is 14.0. The zero-order valence-electron chi connectivity index (χ0n) is 29.0. The molecule has 13 nitrogen and oxygen atoms in total. The van der Waals surface area contributed by atoms with Crippen molar-refractivity contribution in [3.63, 3.8) is 0 Å². The first-order valence-corrected chi connectivity index (χ1v) is 17.4. The maximum absolute atomic E-state index is 13.8. The predicted molar refractivity (Wildman–Crippen MR) is 189 cm³/mol. The molecule has 4 N–H and O–H groups in total. The Bertz CT molecular complexity index is 1890. The minimum atomic E-state index is -1.03. The molecule has 3 unspecified atom stereocenters. The average Bonchev–Trinajstić information content (AvgIpc) is 3.66. The number of hydrazine groups is 1. The Balaban J connectivity index is 0.922. The van der Waals surface area contributed by atoms with E-state index in [4.69, 9.17) is 29.5 Å². The smallest absolute Gasteiger partial charge is 0.260 e. The largest absolute Gasteiger partial charge is 0.497 e. The van der Waals surface area contributed by atoms with Crippen molar-refractivity contribution in [3.8, 4) is 28.7 Å². The van der Waals surface area contributed by atoms with Crippen molar-refractivity contribution < 1.29 is 38.4 Å². The lowest BCUT2D eigenvalue weighted by Crippen LogP contribution is -2.51. The second kappa shape index (κ2) is 12.9. The Morgan fingerprint density at radius 1 is 0.882 bits per heavy atom. The summed E-state index contributed by atoms with van der Waals surface area (Å²) < 4.78 is 28.8. The van der Waals surface area contributed by atoms with Crippen molar-refractivity contribution in [2.75, 3.05) is 58.0 Å². The molecule has 4 heterocycles. The quantitative estimate of drug-likeness (QED) is 0.206. The fraction of sp³-hybridized carbons (Fsp3) is 0.421. The van der Waals surface area contributed by atoms with Crippen molar-refractivity contribution >= 4 is 28.8 Å². The van der Waals surface area contributed by atoms with Gasteiger partial charge in [-0.25, -0.2) is 5.84 Å². The molecule has 1 saturated heterocycles. The van der Waals surface area contributed by atoms with Gasteiger partial charge in [0.2, 0.25) is 0 Å². The number of aliphatic hydroxyl groups excluding tert-OH is 1. The summed E-state index contributed by atoms with van der Waals surface area (Å²) in [5.74, 6) is 8.71. The van der Waals surface area contributed by atoms with E-state index in [-0.39, 0.29) is 35.9 Å². The van der Waals surface area contributed by atoms with Crippen molar-refractivity contribution in [1.29, 1.82) is 0 Å². The number of amides is 2. The van der Waals surface area contributed by atoms with Gasteiger partial charge in [0.15, 0.2) is 29.2 Å². The molecule has 3 atom stereocenters. The molecule has 4 aliphatic heterocycles. The molecule has 0 radical (unpaired) electrons. The highest BCUT2D eigenvalue weighted by atomic mass is 16.5. The minimum absolute atomic E-state index is 0.0285. The fourth-order valence-corrected chi connectivity index (χ4v) is 7.83. The van der Waals surface area contributed by atoms with Crippen LogP contribution in [0, 0.1) is 5.41 Å². The number of rotatable bonds is 10. The number of anilines is 2. The van der Waals surface area contributed by atoms with Crippen LogP contribution in [-0.4, -0.2) is 92.7 Å². The molecule has 13 heteroatoms. The van der Waals surface area contributed by atoms with E-state index in [1.807, 2.05) is 36.5 Å². The van der Waals surface area contributed by atoms with Crippen LogP contribution in [0.5, 0.6) is 28.7 Å². The number of ether oxygens (including phenoxy) is 5. The molecule has 5 aliphatic rings. The number of carbonyl (C=O) groups excluding carboxylic acids is 2. The van der Waals surface area contributed by atoms with Crippen LogP contribution >= 0.6 is 0 Å². The Morgan fingerprint density at radius 3 is 2.24 bits per heavy atom. The lowest BCUT2D eigenvalue weighted by atomic mass is 10.0. The van der Waals surface area contributed by atoms with Gasteiger partial charge in [-0.1, -0.05) is 12.1 Å². The van der Waals surface area contributed by atoms with Crippen molar-refractivity contribution in [2.45, 2.75) is 50.4 Å². The highest BCUT2D eigenvalue weighted by Gasteiger charge is 2.57. The van der Waals surface area contributed by atoms with E-state index >= 15 is 0 Å². The summed E-state index contributed by atoms with van der Waals surface area (Å²) in [6.07, 6.45) is 5.02. The van der Waals surface area contributed by atoms with Crippen LogP contribution in [0.1, 0.15) is 58.4 Å². The van der Waals surface area contributed by atoms with Gasteiger partial charge in [-0.3, -0.25) is 14.6 Å². The first-order chi connectivity index (χ1) is 24.7. The van der Waals surface area contributed by atoms with Crippen LogP contribution in [0.2, 0.25) is 0 Å². The Labute approximate surface area is 296 Å². The van der Waals surface area contributed by atoms with Crippen LogP contribution in [-0.2, 0) is 0 Å². The van der Waals surface area contributed by atoms with Crippen LogP contribution in [0.3, 0.4) is 0 Å². The summed E-state index contributed by atoms with van der Waals surface area (Å²) in [5, 5.41) is 15.9. The van der Waals surface area contributed by atoms with Crippen LogP contribution in [0.15, 0.2) is 54.7 Å². The van der Waals surface area contributed by atoms with Crippen LogP contribution in [0.25, 0.3) is 5.57 Å². The molecule has 1 spiro atoms. The van der Waals surface area contributed by atoms with Crippen molar-refractivity contribution in [1.82, 2.24) is 9.80 Å². The fourth-order valence-electron chi connectivity index (χ4n) is 7.83. The van der Waals surface area contributed by atoms with Gasteiger partial charge in [-0.05, 0) is 66.5 Å². The number of carbonyl (C=O) groups is 2. The SMILES string of the molecule is COc1ccc(C2=CN3C(=O)c4cc(OC)c(OCCCOc5cc6c(cc5OC)C(=O)N5CC7(CC7)CC5C(O)N6N)cc4NCC3C2)cc1. The molecule has 51 heavy (non-hydrogen) atoms. The topological polar surface area (TPSA) is 148 Å². The van der Waals surface area contributed by atoms with Gasteiger partial charge >= 0.3 is 0 Å². The molecule has 0 aromatic heterocycles. The number of hydrogen-bond donors (Lipinski definition) is 3.